The van der Waals surface area contributed by atoms with Gasteiger partial charge in [-0.05, 0) is 36.1 Å². The molecule has 0 spiro atoms. The van der Waals surface area contributed by atoms with E-state index in [1.54, 1.807) is 6.20 Å². The predicted octanol–water partition coefficient (Wildman–Crippen LogP) is 2.96. The standard InChI is InChI=1S/C12H15ClN4.C2H6/c1-8(11-7-15-16-17(11)3)4-10-5-12(13)14-6-9(10)2;1-2/h5-7,15-16H,1,4H2,2-3H3;1-2H3. The molecule has 0 aliphatic carbocycles. The second-order valence-corrected chi connectivity index (χ2v) is 4.45. The molecule has 0 atom stereocenters. The number of nitrogens with one attached hydrogen (secondary N) is 2. The van der Waals surface area contributed by atoms with E-state index in [4.69, 9.17) is 11.6 Å². The summed E-state index contributed by atoms with van der Waals surface area (Å²) in [5.74, 6) is 0. The molecule has 5 heteroatoms. The molecule has 4 nitrogen and oxygen atoms in total. The lowest BCUT2D eigenvalue weighted by molar-refractivity contribution is 0.310. The van der Waals surface area contributed by atoms with Crippen molar-refractivity contribution < 1.29 is 0 Å². The quantitative estimate of drug-likeness (QED) is 0.835. The highest BCUT2D eigenvalue weighted by atomic mass is 35.5. The summed E-state index contributed by atoms with van der Waals surface area (Å²) in [5, 5.41) is 2.41. The molecule has 0 saturated heterocycles. The number of aromatic nitrogens is 1. The SMILES string of the molecule is C=C(Cc1cc(Cl)ncc1C)C1=CNNN1C.CC. The van der Waals surface area contributed by atoms with Crippen LogP contribution in [0.15, 0.2) is 36.3 Å². The normalized spacial score (nSPS) is 13.3. The first-order valence-corrected chi connectivity index (χ1v) is 6.70. The molecule has 0 bridgehead atoms. The maximum atomic E-state index is 5.90. The van der Waals surface area contributed by atoms with Crippen molar-refractivity contribution in [3.63, 3.8) is 0 Å². The smallest absolute Gasteiger partial charge is 0.129 e. The summed E-state index contributed by atoms with van der Waals surface area (Å²) in [4.78, 5) is 4.05. The van der Waals surface area contributed by atoms with E-state index in [0.29, 0.717) is 5.15 Å². The zero-order chi connectivity index (χ0) is 14.4. The van der Waals surface area contributed by atoms with E-state index in [0.717, 1.165) is 28.8 Å². The van der Waals surface area contributed by atoms with Gasteiger partial charge in [-0.15, -0.1) is 5.53 Å². The van der Waals surface area contributed by atoms with Crippen LogP contribution in [0.25, 0.3) is 0 Å². The van der Waals surface area contributed by atoms with E-state index in [1.807, 2.05) is 45.1 Å². The zero-order valence-electron chi connectivity index (χ0n) is 11.9. The van der Waals surface area contributed by atoms with Crippen molar-refractivity contribution in [2.45, 2.75) is 27.2 Å². The fourth-order valence-corrected chi connectivity index (χ4v) is 1.92. The second-order valence-electron chi connectivity index (χ2n) is 4.06. The fraction of sp³-hybridized carbons (Fsp3) is 0.357. The number of allylic oxidation sites excluding steroid dienone is 1. The van der Waals surface area contributed by atoms with Gasteiger partial charge in [-0.3, -0.25) is 5.01 Å². The van der Waals surface area contributed by atoms with E-state index in [1.165, 1.54) is 0 Å². The molecule has 104 valence electrons. The van der Waals surface area contributed by atoms with Gasteiger partial charge in [0.1, 0.15) is 5.15 Å². The molecule has 0 aromatic carbocycles. The number of hydrogen-bond acceptors (Lipinski definition) is 4. The number of pyridine rings is 1. The van der Waals surface area contributed by atoms with Crippen LogP contribution in [-0.2, 0) is 6.42 Å². The molecule has 0 saturated carbocycles. The monoisotopic (exact) mass is 280 g/mol. The second kappa shape index (κ2) is 7.16. The van der Waals surface area contributed by atoms with Gasteiger partial charge in [-0.25, -0.2) is 4.98 Å². The average molecular weight is 281 g/mol. The number of halogens is 1. The Balaban J connectivity index is 0.000000861. The third-order valence-corrected chi connectivity index (χ3v) is 2.96. The van der Waals surface area contributed by atoms with E-state index in [9.17, 15) is 0 Å². The van der Waals surface area contributed by atoms with Crippen LogP contribution in [0.1, 0.15) is 25.0 Å². The lowest BCUT2D eigenvalue weighted by atomic mass is 10.0. The minimum atomic E-state index is 0.517. The minimum absolute atomic E-state index is 0.517. The highest BCUT2D eigenvalue weighted by Crippen LogP contribution is 2.21. The van der Waals surface area contributed by atoms with Gasteiger partial charge in [0.15, 0.2) is 0 Å². The van der Waals surface area contributed by atoms with Crippen LogP contribution in [0.4, 0.5) is 0 Å². The van der Waals surface area contributed by atoms with E-state index < -0.39 is 0 Å². The molecule has 1 aromatic heterocycles. The molecule has 0 unspecified atom stereocenters. The van der Waals surface area contributed by atoms with Crippen molar-refractivity contribution in [1.29, 1.82) is 0 Å². The molecule has 0 radical (unpaired) electrons. The third kappa shape index (κ3) is 3.98. The maximum absolute atomic E-state index is 5.90. The van der Waals surface area contributed by atoms with Gasteiger partial charge in [-0.2, -0.15) is 0 Å². The van der Waals surface area contributed by atoms with Crippen LogP contribution in [-0.4, -0.2) is 17.0 Å². The van der Waals surface area contributed by atoms with Crippen LogP contribution >= 0.6 is 11.6 Å². The molecular formula is C14H21ClN4. The van der Waals surface area contributed by atoms with E-state index in [2.05, 4.69) is 22.5 Å². The largest absolute Gasteiger partial charge is 0.309 e. The first-order valence-electron chi connectivity index (χ1n) is 6.32. The minimum Gasteiger partial charge on any atom is -0.309 e. The Hall–Kier alpha value is -1.52. The number of hydrazine groups is 2. The van der Waals surface area contributed by atoms with Gasteiger partial charge in [0, 0.05) is 19.4 Å². The summed E-state index contributed by atoms with van der Waals surface area (Å²) in [7, 11) is 1.93. The molecule has 1 aliphatic rings. The lowest BCUT2D eigenvalue weighted by Crippen LogP contribution is -2.34. The van der Waals surface area contributed by atoms with Crippen LogP contribution in [0.3, 0.4) is 0 Å². The Bertz CT molecular complexity index is 482. The van der Waals surface area contributed by atoms with Crippen molar-refractivity contribution in [2.24, 2.45) is 0 Å². The number of nitrogens with zero attached hydrogens (tertiary/aromatic N) is 2. The summed E-state index contributed by atoms with van der Waals surface area (Å²) in [6.07, 6.45) is 4.43. The van der Waals surface area contributed by atoms with Crippen LogP contribution in [0.5, 0.6) is 0 Å². The fourth-order valence-electron chi connectivity index (χ4n) is 1.74. The Morgan fingerprint density at radius 2 is 2.16 bits per heavy atom. The number of aryl methyl sites for hydroxylation is 1. The van der Waals surface area contributed by atoms with E-state index >= 15 is 0 Å². The summed E-state index contributed by atoms with van der Waals surface area (Å²) >= 11 is 5.90. The summed E-state index contributed by atoms with van der Waals surface area (Å²) < 4.78 is 0. The van der Waals surface area contributed by atoms with Gasteiger partial charge in [0.25, 0.3) is 0 Å². The topological polar surface area (TPSA) is 40.2 Å². The molecule has 1 aromatic rings. The molecule has 2 heterocycles. The number of rotatable bonds is 3. The first kappa shape index (κ1) is 15.5. The summed E-state index contributed by atoms with van der Waals surface area (Å²) in [6, 6.07) is 1.89. The Morgan fingerprint density at radius 1 is 1.47 bits per heavy atom. The molecule has 19 heavy (non-hydrogen) atoms. The van der Waals surface area contributed by atoms with Crippen molar-refractivity contribution >= 4 is 11.6 Å². The highest BCUT2D eigenvalue weighted by molar-refractivity contribution is 6.29. The van der Waals surface area contributed by atoms with Crippen LogP contribution in [0.2, 0.25) is 5.15 Å². The summed E-state index contributed by atoms with van der Waals surface area (Å²) in [5.41, 5.74) is 10.2. The van der Waals surface area contributed by atoms with Gasteiger partial charge in [-0.1, -0.05) is 32.0 Å². The summed E-state index contributed by atoms with van der Waals surface area (Å²) in [6.45, 7) is 10.1. The van der Waals surface area contributed by atoms with Gasteiger partial charge < -0.3 is 5.43 Å². The average Bonchev–Trinajstić information content (AvgIpc) is 2.82. The Morgan fingerprint density at radius 3 is 2.74 bits per heavy atom. The number of hydrogen-bond donors (Lipinski definition) is 2. The van der Waals surface area contributed by atoms with E-state index in [-0.39, 0.29) is 0 Å². The molecule has 0 fully saturated rings. The van der Waals surface area contributed by atoms with Crippen molar-refractivity contribution in [3.8, 4) is 0 Å². The van der Waals surface area contributed by atoms with Crippen molar-refractivity contribution in [1.82, 2.24) is 21.0 Å². The van der Waals surface area contributed by atoms with Crippen molar-refractivity contribution in [3.05, 3.63) is 52.6 Å². The molecule has 0 amide bonds. The van der Waals surface area contributed by atoms with Gasteiger partial charge in [0.2, 0.25) is 0 Å². The molecule has 2 N–H and O–H groups in total. The lowest BCUT2D eigenvalue weighted by Gasteiger charge is -2.17. The van der Waals surface area contributed by atoms with Gasteiger partial charge in [0.05, 0.1) is 5.70 Å². The molecular weight excluding hydrogens is 260 g/mol. The zero-order valence-corrected chi connectivity index (χ0v) is 12.7. The Kier molecular flexibility index (Phi) is 5.86. The predicted molar refractivity (Wildman–Crippen MR) is 80.3 cm³/mol. The Labute approximate surface area is 120 Å². The molecule has 1 aliphatic heterocycles. The highest BCUT2D eigenvalue weighted by Gasteiger charge is 2.14. The van der Waals surface area contributed by atoms with Crippen molar-refractivity contribution in [2.75, 3.05) is 7.05 Å². The molecule has 2 rings (SSSR count). The number of likely N-dealkylation sites (N-methyl/N-ethyl adjacent to an activating group) is 1. The van der Waals surface area contributed by atoms with Crippen LogP contribution < -0.4 is 11.0 Å². The third-order valence-electron chi connectivity index (χ3n) is 2.75. The van der Waals surface area contributed by atoms with Gasteiger partial charge >= 0.3 is 0 Å². The first-order chi connectivity index (χ1) is 9.08. The van der Waals surface area contributed by atoms with Crippen LogP contribution in [0, 0.1) is 6.92 Å². The maximum Gasteiger partial charge on any atom is 0.129 e.